The first-order valence-corrected chi connectivity index (χ1v) is 8.49. The van der Waals surface area contributed by atoms with Crippen molar-refractivity contribution >= 4 is 54.5 Å². The van der Waals surface area contributed by atoms with Crippen LogP contribution in [-0.2, 0) is 13.0 Å². The van der Waals surface area contributed by atoms with E-state index in [1.54, 1.807) is 22.7 Å². The second kappa shape index (κ2) is 6.43. The fraction of sp³-hybridized carbons (Fsp3) is 0.364. The Morgan fingerprint density at radius 2 is 2.24 bits per heavy atom. The van der Waals surface area contributed by atoms with Gasteiger partial charge in [-0.2, -0.15) is 0 Å². The molecule has 0 saturated carbocycles. The van der Waals surface area contributed by atoms with Crippen LogP contribution in [0.4, 0.5) is 0 Å². The molecule has 0 atom stereocenters. The highest BCUT2D eigenvalue weighted by molar-refractivity contribution is 9.13. The van der Waals surface area contributed by atoms with E-state index < -0.39 is 0 Å². The van der Waals surface area contributed by atoms with Gasteiger partial charge in [-0.15, -0.1) is 22.7 Å². The van der Waals surface area contributed by atoms with Crippen molar-refractivity contribution in [3.05, 3.63) is 35.3 Å². The quantitative estimate of drug-likeness (QED) is 0.760. The molecule has 2 aromatic rings. The summed E-state index contributed by atoms with van der Waals surface area (Å²) in [6.07, 6.45) is 0.998. The molecule has 0 saturated heterocycles. The molecule has 2 heterocycles. The van der Waals surface area contributed by atoms with Crippen LogP contribution in [0.25, 0.3) is 0 Å². The normalized spacial score (nSPS) is 11.0. The Morgan fingerprint density at radius 1 is 1.41 bits per heavy atom. The number of nitrogens with one attached hydrogen (secondary N) is 1. The third-order valence-electron chi connectivity index (χ3n) is 2.22. The van der Waals surface area contributed by atoms with E-state index in [0.717, 1.165) is 32.8 Å². The molecule has 0 aliphatic heterocycles. The van der Waals surface area contributed by atoms with E-state index in [-0.39, 0.29) is 0 Å². The van der Waals surface area contributed by atoms with E-state index in [0.29, 0.717) is 0 Å². The van der Waals surface area contributed by atoms with Gasteiger partial charge in [0.05, 0.1) is 14.5 Å². The van der Waals surface area contributed by atoms with Gasteiger partial charge in [-0.3, -0.25) is 0 Å². The average molecular weight is 396 g/mol. The van der Waals surface area contributed by atoms with Crippen LogP contribution in [0.1, 0.15) is 15.6 Å². The Labute approximate surface area is 126 Å². The second-order valence-electron chi connectivity index (χ2n) is 3.62. The van der Waals surface area contributed by atoms with Crippen molar-refractivity contribution in [3.63, 3.8) is 0 Å². The summed E-state index contributed by atoms with van der Waals surface area (Å²) in [6.45, 7) is 3.93. The number of halogens is 2. The van der Waals surface area contributed by atoms with E-state index in [4.69, 9.17) is 0 Å². The van der Waals surface area contributed by atoms with E-state index in [1.807, 2.05) is 6.92 Å². The van der Waals surface area contributed by atoms with Crippen molar-refractivity contribution in [1.82, 2.24) is 10.3 Å². The molecule has 2 nitrogen and oxygen atoms in total. The summed E-state index contributed by atoms with van der Waals surface area (Å²) in [5.74, 6) is 0. The SMILES string of the molecule is Cc1nc(CCNCc2cc(Br)c(Br)s2)cs1. The number of thiazole rings is 1. The molecule has 1 N–H and O–H groups in total. The Morgan fingerprint density at radius 3 is 2.82 bits per heavy atom. The van der Waals surface area contributed by atoms with Gasteiger partial charge < -0.3 is 5.32 Å². The first-order valence-electron chi connectivity index (χ1n) is 5.20. The molecule has 0 unspecified atom stereocenters. The molecule has 17 heavy (non-hydrogen) atoms. The number of hydrogen-bond donors (Lipinski definition) is 1. The molecule has 0 aliphatic rings. The molecule has 0 aliphatic carbocycles. The lowest BCUT2D eigenvalue weighted by molar-refractivity contribution is 0.687. The molecule has 2 rings (SSSR count). The zero-order valence-corrected chi connectivity index (χ0v) is 14.1. The Balaban J connectivity index is 1.73. The zero-order valence-electron chi connectivity index (χ0n) is 9.30. The molecule has 0 fully saturated rings. The van der Waals surface area contributed by atoms with Crippen LogP contribution in [0, 0.1) is 6.92 Å². The topological polar surface area (TPSA) is 24.9 Å². The molecular weight excluding hydrogens is 384 g/mol. The standard InChI is InChI=1S/C11H12Br2N2S2/c1-7-15-8(6-16-7)2-3-14-5-9-4-10(12)11(13)17-9/h4,6,14H,2-3,5H2,1H3. The van der Waals surface area contributed by atoms with Crippen LogP contribution in [-0.4, -0.2) is 11.5 Å². The lowest BCUT2D eigenvalue weighted by Crippen LogP contribution is -2.16. The molecule has 0 aromatic carbocycles. The van der Waals surface area contributed by atoms with Crippen LogP contribution in [0.15, 0.2) is 19.7 Å². The molecule has 0 radical (unpaired) electrons. The van der Waals surface area contributed by atoms with Crippen molar-refractivity contribution < 1.29 is 0 Å². The average Bonchev–Trinajstić information content (AvgIpc) is 2.82. The van der Waals surface area contributed by atoms with Gasteiger partial charge in [0.1, 0.15) is 0 Å². The molecule has 0 amide bonds. The summed E-state index contributed by atoms with van der Waals surface area (Å²) in [7, 11) is 0. The molecule has 0 spiro atoms. The maximum atomic E-state index is 4.44. The van der Waals surface area contributed by atoms with Crippen molar-refractivity contribution in [2.75, 3.05) is 6.54 Å². The minimum Gasteiger partial charge on any atom is -0.311 e. The zero-order chi connectivity index (χ0) is 12.3. The minimum absolute atomic E-state index is 0.915. The summed E-state index contributed by atoms with van der Waals surface area (Å²) in [5.41, 5.74) is 1.19. The first kappa shape index (κ1) is 13.7. The number of thiophene rings is 1. The van der Waals surface area contributed by atoms with Crippen LogP contribution in [0.5, 0.6) is 0 Å². The summed E-state index contributed by atoms with van der Waals surface area (Å²) in [5, 5.41) is 6.71. The number of aromatic nitrogens is 1. The highest BCUT2D eigenvalue weighted by Gasteiger charge is 2.03. The van der Waals surface area contributed by atoms with Gasteiger partial charge in [-0.25, -0.2) is 4.98 Å². The molecule has 6 heteroatoms. The third-order valence-corrected chi connectivity index (χ3v) is 6.30. The van der Waals surface area contributed by atoms with Gasteiger partial charge in [0.25, 0.3) is 0 Å². The highest BCUT2D eigenvalue weighted by atomic mass is 79.9. The maximum absolute atomic E-state index is 4.44. The fourth-order valence-electron chi connectivity index (χ4n) is 1.43. The Kier molecular flexibility index (Phi) is 5.17. The first-order chi connectivity index (χ1) is 8.15. The predicted molar refractivity (Wildman–Crippen MR) is 82.0 cm³/mol. The van der Waals surface area contributed by atoms with Gasteiger partial charge >= 0.3 is 0 Å². The predicted octanol–water partition coefficient (Wildman–Crippen LogP) is 4.37. The minimum atomic E-state index is 0.915. The molecule has 0 bridgehead atoms. The van der Waals surface area contributed by atoms with Crippen LogP contribution in [0.3, 0.4) is 0 Å². The summed E-state index contributed by atoms with van der Waals surface area (Å²) in [6, 6.07) is 2.15. The Bertz CT molecular complexity index is 474. The van der Waals surface area contributed by atoms with Crippen molar-refractivity contribution in [1.29, 1.82) is 0 Å². The van der Waals surface area contributed by atoms with Crippen LogP contribution >= 0.6 is 54.5 Å². The van der Waals surface area contributed by atoms with Crippen LogP contribution in [0.2, 0.25) is 0 Å². The Hall–Kier alpha value is 0.250. The van der Waals surface area contributed by atoms with Crippen molar-refractivity contribution in [2.45, 2.75) is 19.9 Å². The van der Waals surface area contributed by atoms with E-state index >= 15 is 0 Å². The van der Waals surface area contributed by atoms with Gasteiger partial charge in [0.15, 0.2) is 0 Å². The summed E-state index contributed by atoms with van der Waals surface area (Å²) < 4.78 is 2.29. The number of nitrogens with zero attached hydrogens (tertiary/aromatic N) is 1. The smallest absolute Gasteiger partial charge is 0.0897 e. The van der Waals surface area contributed by atoms with Crippen molar-refractivity contribution in [2.24, 2.45) is 0 Å². The van der Waals surface area contributed by atoms with Gasteiger partial charge in [-0.05, 0) is 44.8 Å². The largest absolute Gasteiger partial charge is 0.311 e. The van der Waals surface area contributed by atoms with Crippen molar-refractivity contribution in [3.8, 4) is 0 Å². The number of rotatable bonds is 5. The molecular formula is C11H12Br2N2S2. The van der Waals surface area contributed by atoms with E-state index in [9.17, 15) is 0 Å². The monoisotopic (exact) mass is 394 g/mol. The molecule has 92 valence electrons. The lowest BCUT2D eigenvalue weighted by atomic mass is 10.3. The van der Waals surface area contributed by atoms with Gasteiger partial charge in [0.2, 0.25) is 0 Å². The van der Waals surface area contributed by atoms with Crippen LogP contribution < -0.4 is 5.32 Å². The second-order valence-corrected chi connectivity index (χ2v) is 7.99. The number of hydrogen-bond acceptors (Lipinski definition) is 4. The highest BCUT2D eigenvalue weighted by Crippen LogP contribution is 2.32. The maximum Gasteiger partial charge on any atom is 0.0897 e. The van der Waals surface area contributed by atoms with Gasteiger partial charge in [-0.1, -0.05) is 0 Å². The molecule has 2 aromatic heterocycles. The summed E-state index contributed by atoms with van der Waals surface area (Å²) in [4.78, 5) is 5.77. The fourth-order valence-corrected chi connectivity index (χ4v) is 4.22. The lowest BCUT2D eigenvalue weighted by Gasteiger charge is -2.00. The number of aryl methyl sites for hydroxylation is 1. The van der Waals surface area contributed by atoms with Gasteiger partial charge in [0, 0.05) is 34.2 Å². The van der Waals surface area contributed by atoms with E-state index in [1.165, 1.54) is 10.6 Å². The third kappa shape index (κ3) is 4.13. The van der Waals surface area contributed by atoms with E-state index in [2.05, 4.69) is 53.6 Å². The summed E-state index contributed by atoms with van der Waals surface area (Å²) >= 11 is 10.5.